The predicted molar refractivity (Wildman–Crippen MR) is 81.1 cm³/mol. The number of nitrogens with zero attached hydrogens (tertiary/aromatic N) is 6. The number of tetrazole rings is 1. The standard InChI is InChI=1S/C15H18N6O2/c1-3-4-5-14-17-15(23-18-14)11(2)22-13-8-6-12(7-9-13)21-10-16-19-20-21/h6-11H,3-5H2,1-2H3/t11-/m0/s1. The number of hydrogen-bond donors (Lipinski definition) is 0. The zero-order chi connectivity index (χ0) is 16.1. The fourth-order valence-corrected chi connectivity index (χ4v) is 2.08. The summed E-state index contributed by atoms with van der Waals surface area (Å²) in [6.45, 7) is 4.01. The first-order chi connectivity index (χ1) is 11.3. The van der Waals surface area contributed by atoms with Crippen LogP contribution in [0.4, 0.5) is 0 Å². The van der Waals surface area contributed by atoms with E-state index in [4.69, 9.17) is 9.26 Å². The Morgan fingerprint density at radius 2 is 2.09 bits per heavy atom. The molecule has 0 radical (unpaired) electrons. The maximum absolute atomic E-state index is 5.83. The number of benzene rings is 1. The van der Waals surface area contributed by atoms with Crippen LogP contribution in [0.25, 0.3) is 5.69 Å². The molecule has 2 heterocycles. The van der Waals surface area contributed by atoms with Gasteiger partial charge in [-0.05, 0) is 48.0 Å². The number of aromatic nitrogens is 6. The molecule has 8 nitrogen and oxygen atoms in total. The zero-order valence-corrected chi connectivity index (χ0v) is 13.1. The third kappa shape index (κ3) is 3.71. The number of unbranched alkanes of at least 4 members (excludes halogenated alkanes) is 1. The third-order valence-corrected chi connectivity index (χ3v) is 3.35. The van der Waals surface area contributed by atoms with Crippen molar-refractivity contribution in [1.82, 2.24) is 30.3 Å². The molecular formula is C15H18N6O2. The molecule has 0 spiro atoms. The third-order valence-electron chi connectivity index (χ3n) is 3.35. The molecule has 0 fully saturated rings. The lowest BCUT2D eigenvalue weighted by Gasteiger charge is -2.11. The second-order valence-corrected chi connectivity index (χ2v) is 5.16. The number of ether oxygens (including phenoxy) is 1. The van der Waals surface area contributed by atoms with E-state index in [9.17, 15) is 0 Å². The van der Waals surface area contributed by atoms with Crippen molar-refractivity contribution in [3.8, 4) is 11.4 Å². The molecule has 120 valence electrons. The molecule has 0 aliphatic rings. The van der Waals surface area contributed by atoms with Crippen LogP contribution in [-0.4, -0.2) is 30.3 Å². The van der Waals surface area contributed by atoms with Crippen LogP contribution in [0.3, 0.4) is 0 Å². The van der Waals surface area contributed by atoms with Gasteiger partial charge >= 0.3 is 0 Å². The monoisotopic (exact) mass is 314 g/mol. The molecular weight excluding hydrogens is 296 g/mol. The van der Waals surface area contributed by atoms with Crippen molar-refractivity contribution < 1.29 is 9.26 Å². The van der Waals surface area contributed by atoms with Gasteiger partial charge in [0.05, 0.1) is 5.69 Å². The summed E-state index contributed by atoms with van der Waals surface area (Å²) in [5.74, 6) is 1.93. The Morgan fingerprint density at radius 1 is 1.26 bits per heavy atom. The van der Waals surface area contributed by atoms with Crippen molar-refractivity contribution in [2.45, 2.75) is 39.2 Å². The lowest BCUT2D eigenvalue weighted by atomic mass is 10.2. The molecule has 0 aliphatic heterocycles. The lowest BCUT2D eigenvalue weighted by molar-refractivity contribution is 0.175. The Balaban J connectivity index is 1.63. The largest absolute Gasteiger partial charge is 0.481 e. The van der Waals surface area contributed by atoms with Crippen molar-refractivity contribution in [2.75, 3.05) is 0 Å². The molecule has 0 amide bonds. The fourth-order valence-electron chi connectivity index (χ4n) is 2.08. The van der Waals surface area contributed by atoms with E-state index in [1.165, 1.54) is 6.33 Å². The Kier molecular flexibility index (Phi) is 4.60. The highest BCUT2D eigenvalue weighted by molar-refractivity contribution is 5.36. The van der Waals surface area contributed by atoms with Gasteiger partial charge in [0.15, 0.2) is 11.9 Å². The molecule has 0 unspecified atom stereocenters. The van der Waals surface area contributed by atoms with Crippen LogP contribution in [0.2, 0.25) is 0 Å². The molecule has 1 atom stereocenters. The average Bonchev–Trinajstić information content (AvgIpc) is 3.25. The first-order valence-corrected chi connectivity index (χ1v) is 7.59. The summed E-state index contributed by atoms with van der Waals surface area (Å²) in [5.41, 5.74) is 0.856. The van der Waals surface area contributed by atoms with Crippen molar-refractivity contribution in [3.05, 3.63) is 42.3 Å². The van der Waals surface area contributed by atoms with Crippen LogP contribution in [0.5, 0.6) is 5.75 Å². The molecule has 2 aromatic heterocycles. The molecule has 0 bridgehead atoms. The Labute approximate surface area is 133 Å². The molecule has 3 rings (SSSR count). The molecule has 3 aromatic rings. The minimum atomic E-state index is -0.309. The number of hydrogen-bond acceptors (Lipinski definition) is 7. The topological polar surface area (TPSA) is 91.8 Å². The maximum Gasteiger partial charge on any atom is 0.267 e. The molecule has 0 saturated carbocycles. The fraction of sp³-hybridized carbons (Fsp3) is 0.400. The second-order valence-electron chi connectivity index (χ2n) is 5.16. The average molecular weight is 314 g/mol. The normalized spacial score (nSPS) is 12.3. The van der Waals surface area contributed by atoms with Gasteiger partial charge in [-0.3, -0.25) is 0 Å². The summed E-state index contributed by atoms with van der Waals surface area (Å²) >= 11 is 0. The van der Waals surface area contributed by atoms with Crippen molar-refractivity contribution in [2.24, 2.45) is 0 Å². The highest BCUT2D eigenvalue weighted by atomic mass is 16.5. The Morgan fingerprint density at radius 3 is 2.78 bits per heavy atom. The maximum atomic E-state index is 5.83. The summed E-state index contributed by atoms with van der Waals surface area (Å²) in [7, 11) is 0. The van der Waals surface area contributed by atoms with Gasteiger partial charge in [0.2, 0.25) is 0 Å². The van der Waals surface area contributed by atoms with Crippen LogP contribution in [-0.2, 0) is 6.42 Å². The molecule has 0 aliphatic carbocycles. The molecule has 0 N–H and O–H groups in total. The summed E-state index contributed by atoms with van der Waals surface area (Å²) in [5, 5.41) is 15.0. The van der Waals surface area contributed by atoms with Gasteiger partial charge < -0.3 is 9.26 Å². The van der Waals surface area contributed by atoms with E-state index < -0.39 is 0 Å². The van der Waals surface area contributed by atoms with Crippen LogP contribution in [0, 0.1) is 0 Å². The minimum absolute atomic E-state index is 0.309. The zero-order valence-electron chi connectivity index (χ0n) is 13.1. The number of aryl methyl sites for hydroxylation is 1. The van der Waals surface area contributed by atoms with Gasteiger partial charge in [-0.25, -0.2) is 4.68 Å². The van der Waals surface area contributed by atoms with Crippen LogP contribution in [0.1, 0.15) is 44.5 Å². The second kappa shape index (κ2) is 6.99. The molecule has 23 heavy (non-hydrogen) atoms. The summed E-state index contributed by atoms with van der Waals surface area (Å²) in [6, 6.07) is 7.45. The van der Waals surface area contributed by atoms with E-state index in [1.54, 1.807) is 4.68 Å². The minimum Gasteiger partial charge on any atom is -0.481 e. The van der Waals surface area contributed by atoms with Crippen LogP contribution < -0.4 is 4.74 Å². The van der Waals surface area contributed by atoms with Crippen molar-refractivity contribution in [1.29, 1.82) is 0 Å². The Bertz CT molecular complexity index is 723. The van der Waals surface area contributed by atoms with Crippen LogP contribution >= 0.6 is 0 Å². The van der Waals surface area contributed by atoms with Crippen molar-refractivity contribution >= 4 is 0 Å². The lowest BCUT2D eigenvalue weighted by Crippen LogP contribution is -2.04. The van der Waals surface area contributed by atoms with Crippen LogP contribution in [0.15, 0.2) is 35.1 Å². The van der Waals surface area contributed by atoms with Gasteiger partial charge in [0, 0.05) is 6.42 Å². The van der Waals surface area contributed by atoms with Gasteiger partial charge in [-0.1, -0.05) is 18.5 Å². The SMILES string of the molecule is CCCCc1noc([C@H](C)Oc2ccc(-n3cnnn3)cc2)n1. The highest BCUT2D eigenvalue weighted by Gasteiger charge is 2.15. The molecule has 0 saturated heterocycles. The van der Waals surface area contributed by atoms with Gasteiger partial charge in [0.1, 0.15) is 12.1 Å². The summed E-state index contributed by atoms with van der Waals surface area (Å²) in [4.78, 5) is 4.37. The van der Waals surface area contributed by atoms with Gasteiger partial charge in [0.25, 0.3) is 5.89 Å². The van der Waals surface area contributed by atoms with E-state index in [2.05, 4.69) is 32.6 Å². The van der Waals surface area contributed by atoms with E-state index in [0.29, 0.717) is 11.6 Å². The van der Waals surface area contributed by atoms with E-state index in [0.717, 1.165) is 30.8 Å². The summed E-state index contributed by atoms with van der Waals surface area (Å²) in [6.07, 6.45) is 4.20. The first-order valence-electron chi connectivity index (χ1n) is 7.59. The van der Waals surface area contributed by atoms with E-state index >= 15 is 0 Å². The molecule has 8 heteroatoms. The van der Waals surface area contributed by atoms with Gasteiger partial charge in [-0.15, -0.1) is 5.10 Å². The summed E-state index contributed by atoms with van der Waals surface area (Å²) < 4.78 is 12.7. The highest BCUT2D eigenvalue weighted by Crippen LogP contribution is 2.22. The van der Waals surface area contributed by atoms with Crippen molar-refractivity contribution in [3.63, 3.8) is 0 Å². The van der Waals surface area contributed by atoms with E-state index in [1.807, 2.05) is 31.2 Å². The number of rotatable bonds is 7. The smallest absolute Gasteiger partial charge is 0.267 e. The van der Waals surface area contributed by atoms with E-state index in [-0.39, 0.29) is 6.10 Å². The first kappa shape index (κ1) is 15.1. The quantitative estimate of drug-likeness (QED) is 0.661. The Hall–Kier alpha value is -2.77. The predicted octanol–water partition coefficient (Wildman–Crippen LogP) is 2.53. The molecule has 1 aromatic carbocycles. The van der Waals surface area contributed by atoms with Gasteiger partial charge in [-0.2, -0.15) is 4.98 Å².